The topological polar surface area (TPSA) is 47.8 Å². The smallest absolute Gasteiger partial charge is 0.145 e. The van der Waals surface area contributed by atoms with Crippen molar-refractivity contribution in [2.45, 2.75) is 24.9 Å². The number of hydrogen-bond donors (Lipinski definition) is 0. The van der Waals surface area contributed by atoms with Crippen LogP contribution in [-0.4, -0.2) is 19.0 Å². The SMILES string of the molecule is Cc1nnc(C[S@](=O)[C@H](C)c2ccccc2Cl)n1C. The van der Waals surface area contributed by atoms with Crippen LogP contribution in [0.1, 0.15) is 29.4 Å². The van der Waals surface area contributed by atoms with E-state index in [9.17, 15) is 4.21 Å². The average molecular weight is 298 g/mol. The molecule has 2 aromatic rings. The van der Waals surface area contributed by atoms with E-state index < -0.39 is 10.8 Å². The highest BCUT2D eigenvalue weighted by Crippen LogP contribution is 2.27. The van der Waals surface area contributed by atoms with Crippen LogP contribution in [0, 0.1) is 6.92 Å². The van der Waals surface area contributed by atoms with Crippen LogP contribution in [0.2, 0.25) is 5.02 Å². The van der Waals surface area contributed by atoms with Gasteiger partial charge in [0, 0.05) is 22.9 Å². The number of hydrogen-bond acceptors (Lipinski definition) is 3. The van der Waals surface area contributed by atoms with Gasteiger partial charge in [0.25, 0.3) is 0 Å². The van der Waals surface area contributed by atoms with Crippen LogP contribution in [0.5, 0.6) is 0 Å². The number of benzene rings is 1. The number of aryl methyl sites for hydroxylation is 1. The molecule has 0 fully saturated rings. The summed E-state index contributed by atoms with van der Waals surface area (Å²) in [5.74, 6) is 1.93. The Hall–Kier alpha value is -1.20. The highest BCUT2D eigenvalue weighted by atomic mass is 35.5. The van der Waals surface area contributed by atoms with E-state index in [1.54, 1.807) is 0 Å². The van der Waals surface area contributed by atoms with Crippen molar-refractivity contribution < 1.29 is 4.21 Å². The Morgan fingerprint density at radius 2 is 2.05 bits per heavy atom. The molecule has 1 aromatic carbocycles. The van der Waals surface area contributed by atoms with Crippen LogP contribution in [0.4, 0.5) is 0 Å². The van der Waals surface area contributed by atoms with E-state index >= 15 is 0 Å². The van der Waals surface area contributed by atoms with Crippen molar-refractivity contribution in [1.82, 2.24) is 14.8 Å². The lowest BCUT2D eigenvalue weighted by molar-refractivity contribution is 0.671. The lowest BCUT2D eigenvalue weighted by atomic mass is 10.2. The third-order valence-corrected chi connectivity index (χ3v) is 5.12. The quantitative estimate of drug-likeness (QED) is 0.872. The molecule has 0 amide bonds. The molecule has 0 N–H and O–H groups in total. The molecule has 0 aliphatic rings. The first-order valence-electron chi connectivity index (χ1n) is 5.97. The maximum absolute atomic E-state index is 12.4. The molecule has 0 saturated heterocycles. The van der Waals surface area contributed by atoms with Crippen molar-refractivity contribution in [3.63, 3.8) is 0 Å². The Balaban J connectivity index is 2.17. The molecule has 0 bridgehead atoms. The molecule has 6 heteroatoms. The molecule has 0 aliphatic heterocycles. The van der Waals surface area contributed by atoms with Crippen LogP contribution >= 0.6 is 11.6 Å². The highest BCUT2D eigenvalue weighted by molar-refractivity contribution is 7.84. The lowest BCUT2D eigenvalue weighted by Gasteiger charge is -2.13. The molecule has 0 saturated carbocycles. The van der Waals surface area contributed by atoms with Crippen LogP contribution in [-0.2, 0) is 23.6 Å². The molecule has 0 radical (unpaired) electrons. The van der Waals surface area contributed by atoms with E-state index in [0.29, 0.717) is 10.8 Å². The first kappa shape index (κ1) is 14.2. The maximum atomic E-state index is 12.4. The zero-order valence-electron chi connectivity index (χ0n) is 11.1. The number of rotatable bonds is 4. The van der Waals surface area contributed by atoms with Crippen LogP contribution in [0.25, 0.3) is 0 Å². The summed E-state index contributed by atoms with van der Waals surface area (Å²) in [6.07, 6.45) is 0. The summed E-state index contributed by atoms with van der Waals surface area (Å²) in [7, 11) is 0.795. The number of aromatic nitrogens is 3. The average Bonchev–Trinajstić information content (AvgIpc) is 2.70. The van der Waals surface area contributed by atoms with Gasteiger partial charge in [0.2, 0.25) is 0 Å². The van der Waals surface area contributed by atoms with Gasteiger partial charge in [-0.25, -0.2) is 0 Å². The van der Waals surface area contributed by atoms with E-state index in [1.807, 2.05) is 49.7 Å². The fourth-order valence-electron chi connectivity index (χ4n) is 1.78. The molecule has 0 spiro atoms. The van der Waals surface area contributed by atoms with Gasteiger partial charge in [-0.2, -0.15) is 0 Å². The summed E-state index contributed by atoms with van der Waals surface area (Å²) in [5.41, 5.74) is 0.904. The first-order valence-corrected chi connectivity index (χ1v) is 7.73. The lowest BCUT2D eigenvalue weighted by Crippen LogP contribution is -2.09. The number of halogens is 1. The monoisotopic (exact) mass is 297 g/mol. The van der Waals surface area contributed by atoms with Gasteiger partial charge < -0.3 is 4.57 Å². The minimum absolute atomic E-state index is 0.134. The Labute approximate surface area is 120 Å². The minimum Gasteiger partial charge on any atom is -0.318 e. The third-order valence-electron chi connectivity index (χ3n) is 3.19. The van der Waals surface area contributed by atoms with Crippen LogP contribution in [0.15, 0.2) is 24.3 Å². The highest BCUT2D eigenvalue weighted by Gasteiger charge is 2.18. The Morgan fingerprint density at radius 1 is 1.37 bits per heavy atom. The van der Waals surface area contributed by atoms with Crippen molar-refractivity contribution in [2.75, 3.05) is 0 Å². The molecule has 0 unspecified atom stereocenters. The van der Waals surface area contributed by atoms with Gasteiger partial charge in [0.05, 0.1) is 11.0 Å². The Bertz CT molecular complexity index is 612. The van der Waals surface area contributed by atoms with Crippen molar-refractivity contribution >= 4 is 22.4 Å². The zero-order chi connectivity index (χ0) is 14.0. The van der Waals surface area contributed by atoms with Crippen LogP contribution < -0.4 is 0 Å². The molecule has 0 aliphatic carbocycles. The van der Waals surface area contributed by atoms with E-state index in [0.717, 1.165) is 17.2 Å². The normalized spacial score (nSPS) is 14.3. The molecule has 4 nitrogen and oxygen atoms in total. The van der Waals surface area contributed by atoms with Gasteiger partial charge in [-0.1, -0.05) is 29.8 Å². The molecule has 1 heterocycles. The van der Waals surface area contributed by atoms with Gasteiger partial charge in [-0.05, 0) is 25.5 Å². The largest absolute Gasteiger partial charge is 0.318 e. The third kappa shape index (κ3) is 3.04. The van der Waals surface area contributed by atoms with E-state index in [1.165, 1.54) is 0 Å². The summed E-state index contributed by atoms with van der Waals surface area (Å²) in [6, 6.07) is 7.50. The molecular weight excluding hydrogens is 282 g/mol. The van der Waals surface area contributed by atoms with Crippen molar-refractivity contribution in [3.05, 3.63) is 46.5 Å². The van der Waals surface area contributed by atoms with Gasteiger partial charge in [-0.3, -0.25) is 4.21 Å². The van der Waals surface area contributed by atoms with Crippen molar-refractivity contribution in [3.8, 4) is 0 Å². The molecule has 2 rings (SSSR count). The fraction of sp³-hybridized carbons (Fsp3) is 0.385. The van der Waals surface area contributed by atoms with Gasteiger partial charge in [-0.15, -0.1) is 10.2 Å². The summed E-state index contributed by atoms with van der Waals surface area (Å²) in [4.78, 5) is 0. The molecular formula is C13H16ClN3OS. The first-order chi connectivity index (χ1) is 9.00. The summed E-state index contributed by atoms with van der Waals surface area (Å²) >= 11 is 6.13. The van der Waals surface area contributed by atoms with Crippen molar-refractivity contribution in [1.29, 1.82) is 0 Å². The molecule has 19 heavy (non-hydrogen) atoms. The molecule has 1 aromatic heterocycles. The Kier molecular flexibility index (Phi) is 4.37. The number of nitrogens with zero attached hydrogens (tertiary/aromatic N) is 3. The van der Waals surface area contributed by atoms with Gasteiger partial charge in [0.15, 0.2) is 0 Å². The van der Waals surface area contributed by atoms with Gasteiger partial charge in [0.1, 0.15) is 11.6 Å². The summed E-state index contributed by atoms with van der Waals surface area (Å²) in [6.45, 7) is 3.79. The van der Waals surface area contributed by atoms with Gasteiger partial charge >= 0.3 is 0 Å². The summed E-state index contributed by atoms with van der Waals surface area (Å²) in [5, 5.41) is 8.53. The standard InChI is InChI=1S/C13H16ClN3OS/c1-9(11-6-4-5-7-12(11)14)19(18)8-13-16-15-10(2)17(13)3/h4-7,9H,8H2,1-3H3/t9-,19+/m1/s1. The van der Waals surface area contributed by atoms with E-state index in [-0.39, 0.29) is 5.25 Å². The fourth-order valence-corrected chi connectivity index (χ4v) is 3.38. The molecule has 2 atom stereocenters. The maximum Gasteiger partial charge on any atom is 0.145 e. The zero-order valence-corrected chi connectivity index (χ0v) is 12.7. The second-order valence-electron chi connectivity index (χ2n) is 4.41. The predicted octanol–water partition coefficient (Wildman–Crippen LogP) is 2.79. The van der Waals surface area contributed by atoms with E-state index in [4.69, 9.17) is 11.6 Å². The molecule has 102 valence electrons. The van der Waals surface area contributed by atoms with E-state index in [2.05, 4.69) is 10.2 Å². The predicted molar refractivity (Wildman–Crippen MR) is 77.5 cm³/mol. The Morgan fingerprint density at radius 3 is 2.63 bits per heavy atom. The minimum atomic E-state index is -1.08. The second kappa shape index (κ2) is 5.84. The summed E-state index contributed by atoms with van der Waals surface area (Å²) < 4.78 is 14.3. The van der Waals surface area contributed by atoms with Crippen LogP contribution in [0.3, 0.4) is 0 Å². The second-order valence-corrected chi connectivity index (χ2v) is 6.58. The van der Waals surface area contributed by atoms with Crippen molar-refractivity contribution in [2.24, 2.45) is 7.05 Å².